The van der Waals surface area contributed by atoms with Gasteiger partial charge in [-0.05, 0) is 12.1 Å². The highest BCUT2D eigenvalue weighted by Gasteiger charge is 2.13. The van der Waals surface area contributed by atoms with Gasteiger partial charge in [0.2, 0.25) is 0 Å². The average molecular weight is 211 g/mol. The van der Waals surface area contributed by atoms with Crippen molar-refractivity contribution in [1.82, 2.24) is 4.98 Å². The lowest BCUT2D eigenvalue weighted by Crippen LogP contribution is -2.01. The summed E-state index contributed by atoms with van der Waals surface area (Å²) in [5, 5.41) is 0. The summed E-state index contributed by atoms with van der Waals surface area (Å²) in [4.78, 5) is 24.1. The minimum atomic E-state index is -0.786. The Kier molecular flexibility index (Phi) is 2.03. The van der Waals surface area contributed by atoms with Crippen LogP contribution in [0.1, 0.15) is 10.4 Å². The number of carbonyl (C=O) groups is 1. The first-order valence-corrected chi connectivity index (χ1v) is 4.02. The second-order valence-corrected chi connectivity index (χ2v) is 2.84. The van der Waals surface area contributed by atoms with Crippen LogP contribution in [-0.4, -0.2) is 18.1 Å². The summed E-state index contributed by atoms with van der Waals surface area (Å²) in [6.45, 7) is 0. The molecule has 0 atom stereocenters. The Hall–Kier alpha value is -2.11. The molecule has 0 amide bonds. The monoisotopic (exact) mass is 211 g/mol. The zero-order chi connectivity index (χ0) is 11.0. The molecule has 15 heavy (non-hydrogen) atoms. The third-order valence-electron chi connectivity index (χ3n) is 1.90. The molecule has 0 aliphatic heterocycles. The molecule has 1 aromatic heterocycles. The number of nitrogens with one attached hydrogen (secondary N) is 1. The third-order valence-corrected chi connectivity index (χ3v) is 1.90. The summed E-state index contributed by atoms with van der Waals surface area (Å²) < 4.78 is 22.2. The van der Waals surface area contributed by atoms with Gasteiger partial charge in [-0.2, -0.15) is 0 Å². The molecule has 0 unspecified atom stereocenters. The minimum absolute atomic E-state index is 0.0135. The number of halogens is 1. The molecule has 2 rings (SSSR count). The van der Waals surface area contributed by atoms with Crippen LogP contribution in [0.2, 0.25) is 0 Å². The van der Waals surface area contributed by atoms with Gasteiger partial charge in [-0.1, -0.05) is 0 Å². The highest BCUT2D eigenvalue weighted by molar-refractivity contribution is 5.93. The van der Waals surface area contributed by atoms with Crippen molar-refractivity contribution < 1.29 is 18.3 Å². The Morgan fingerprint density at radius 3 is 2.93 bits per heavy atom. The zero-order valence-electron chi connectivity index (χ0n) is 7.67. The van der Waals surface area contributed by atoms with E-state index >= 15 is 0 Å². The van der Waals surface area contributed by atoms with E-state index in [4.69, 9.17) is 0 Å². The van der Waals surface area contributed by atoms with E-state index < -0.39 is 17.5 Å². The number of hydrogen-bond acceptors (Lipinski definition) is 4. The summed E-state index contributed by atoms with van der Waals surface area (Å²) >= 11 is 0. The number of esters is 1. The van der Waals surface area contributed by atoms with Gasteiger partial charge in [0.1, 0.15) is 0 Å². The van der Waals surface area contributed by atoms with Gasteiger partial charge in [0, 0.05) is 0 Å². The average Bonchev–Trinajstić information content (AvgIpc) is 2.58. The second-order valence-electron chi connectivity index (χ2n) is 2.84. The molecular weight excluding hydrogens is 205 g/mol. The molecule has 0 aliphatic carbocycles. The quantitative estimate of drug-likeness (QED) is 0.715. The molecular formula is C9H6FNO4. The van der Waals surface area contributed by atoms with Crippen LogP contribution >= 0.6 is 0 Å². The summed E-state index contributed by atoms with van der Waals surface area (Å²) in [6, 6.07) is 2.24. The van der Waals surface area contributed by atoms with Crippen molar-refractivity contribution in [3.05, 3.63) is 34.1 Å². The van der Waals surface area contributed by atoms with Crippen molar-refractivity contribution in [2.75, 3.05) is 7.11 Å². The Morgan fingerprint density at radius 2 is 2.27 bits per heavy atom. The normalized spacial score (nSPS) is 10.5. The molecule has 0 saturated carbocycles. The molecule has 0 bridgehead atoms. The molecule has 1 heterocycles. The SMILES string of the molecule is COC(=O)c1cc(F)c2oc(=O)[nH]c2c1. The second kappa shape index (κ2) is 3.23. The maximum atomic E-state index is 13.3. The van der Waals surface area contributed by atoms with Crippen LogP contribution < -0.4 is 5.76 Å². The van der Waals surface area contributed by atoms with Crippen molar-refractivity contribution in [3.8, 4) is 0 Å². The van der Waals surface area contributed by atoms with Crippen LogP contribution in [0.25, 0.3) is 11.1 Å². The molecule has 1 aromatic carbocycles. The maximum absolute atomic E-state index is 13.3. The minimum Gasteiger partial charge on any atom is -0.465 e. The number of aromatic amines is 1. The molecule has 0 fully saturated rings. The van der Waals surface area contributed by atoms with Gasteiger partial charge in [0.15, 0.2) is 11.4 Å². The van der Waals surface area contributed by atoms with Crippen LogP contribution in [0.4, 0.5) is 4.39 Å². The molecule has 0 aliphatic rings. The predicted octanol–water partition coefficient (Wildman–Crippen LogP) is 1.05. The molecule has 78 valence electrons. The standard InChI is InChI=1S/C9H6FNO4/c1-14-8(12)4-2-5(10)7-6(3-4)11-9(13)15-7/h2-3H,1H3,(H,11,13). The van der Waals surface area contributed by atoms with E-state index in [2.05, 4.69) is 14.1 Å². The molecule has 6 heteroatoms. The third kappa shape index (κ3) is 1.50. The predicted molar refractivity (Wildman–Crippen MR) is 48.1 cm³/mol. The molecule has 5 nitrogen and oxygen atoms in total. The number of carbonyl (C=O) groups excluding carboxylic acids is 1. The van der Waals surface area contributed by atoms with Gasteiger partial charge in [-0.3, -0.25) is 4.98 Å². The summed E-state index contributed by atoms with van der Waals surface area (Å²) in [6.07, 6.45) is 0. The summed E-state index contributed by atoms with van der Waals surface area (Å²) in [7, 11) is 1.18. The lowest BCUT2D eigenvalue weighted by atomic mass is 10.2. The zero-order valence-corrected chi connectivity index (χ0v) is 7.67. The highest BCUT2D eigenvalue weighted by atomic mass is 19.1. The Morgan fingerprint density at radius 1 is 1.53 bits per heavy atom. The number of fused-ring (bicyclic) bond motifs is 1. The number of oxazole rings is 1. The Labute approximate surface area is 82.5 Å². The fraction of sp³-hybridized carbons (Fsp3) is 0.111. The van der Waals surface area contributed by atoms with E-state index in [1.807, 2.05) is 0 Å². The van der Waals surface area contributed by atoms with E-state index in [0.29, 0.717) is 0 Å². The molecule has 0 radical (unpaired) electrons. The van der Waals surface area contributed by atoms with Gasteiger partial charge in [-0.25, -0.2) is 14.0 Å². The summed E-state index contributed by atoms with van der Waals surface area (Å²) in [5.74, 6) is -2.24. The van der Waals surface area contributed by atoms with E-state index in [1.54, 1.807) is 0 Å². The number of H-pyrrole nitrogens is 1. The van der Waals surface area contributed by atoms with Crippen LogP contribution in [-0.2, 0) is 4.74 Å². The number of rotatable bonds is 1. The highest BCUT2D eigenvalue weighted by Crippen LogP contribution is 2.17. The van der Waals surface area contributed by atoms with Gasteiger partial charge >= 0.3 is 11.7 Å². The van der Waals surface area contributed by atoms with Crippen LogP contribution in [0, 0.1) is 5.82 Å². The molecule has 1 N–H and O–H groups in total. The number of benzene rings is 1. The van der Waals surface area contributed by atoms with Gasteiger partial charge in [-0.15, -0.1) is 0 Å². The van der Waals surface area contributed by atoms with Crippen LogP contribution in [0.5, 0.6) is 0 Å². The lowest BCUT2D eigenvalue weighted by Gasteiger charge is -1.98. The van der Waals surface area contributed by atoms with Gasteiger partial charge in [0.25, 0.3) is 0 Å². The molecule has 0 spiro atoms. The molecule has 0 saturated heterocycles. The van der Waals surface area contributed by atoms with E-state index in [1.165, 1.54) is 13.2 Å². The number of ether oxygens (including phenoxy) is 1. The van der Waals surface area contributed by atoms with Crippen molar-refractivity contribution >= 4 is 17.1 Å². The first-order chi connectivity index (χ1) is 7.11. The maximum Gasteiger partial charge on any atom is 0.417 e. The van der Waals surface area contributed by atoms with E-state index in [0.717, 1.165) is 6.07 Å². The van der Waals surface area contributed by atoms with E-state index in [-0.39, 0.29) is 16.7 Å². The molecule has 2 aromatic rings. The van der Waals surface area contributed by atoms with E-state index in [9.17, 15) is 14.0 Å². The lowest BCUT2D eigenvalue weighted by molar-refractivity contribution is 0.0600. The fourth-order valence-electron chi connectivity index (χ4n) is 1.25. The van der Waals surface area contributed by atoms with Crippen molar-refractivity contribution in [2.24, 2.45) is 0 Å². The van der Waals surface area contributed by atoms with Gasteiger partial charge < -0.3 is 9.15 Å². The van der Waals surface area contributed by atoms with Crippen molar-refractivity contribution in [3.63, 3.8) is 0 Å². The number of methoxy groups -OCH3 is 1. The topological polar surface area (TPSA) is 72.3 Å². The Balaban J connectivity index is 2.71. The van der Waals surface area contributed by atoms with Crippen LogP contribution in [0.15, 0.2) is 21.3 Å². The Bertz CT molecular complexity index is 583. The smallest absolute Gasteiger partial charge is 0.417 e. The van der Waals surface area contributed by atoms with Crippen molar-refractivity contribution in [2.45, 2.75) is 0 Å². The summed E-state index contributed by atoms with van der Waals surface area (Å²) in [5.41, 5.74) is -0.0624. The fourth-order valence-corrected chi connectivity index (χ4v) is 1.25. The number of hydrogen-bond donors (Lipinski definition) is 1. The van der Waals surface area contributed by atoms with Gasteiger partial charge in [0.05, 0.1) is 18.2 Å². The van der Waals surface area contributed by atoms with Crippen molar-refractivity contribution in [1.29, 1.82) is 0 Å². The first-order valence-electron chi connectivity index (χ1n) is 4.02. The number of aromatic nitrogens is 1. The largest absolute Gasteiger partial charge is 0.465 e. The first kappa shape index (κ1) is 9.45. The van der Waals surface area contributed by atoms with Crippen LogP contribution in [0.3, 0.4) is 0 Å².